The predicted molar refractivity (Wildman–Crippen MR) is 181 cm³/mol. The van der Waals surface area contributed by atoms with Crippen LogP contribution in [-0.2, 0) is 23.0 Å². The number of fused-ring (bicyclic) bond motifs is 2. The Balaban J connectivity index is 1.36. The van der Waals surface area contributed by atoms with Crippen molar-refractivity contribution in [2.75, 3.05) is 24.6 Å². The first-order valence-electron chi connectivity index (χ1n) is 17.3. The molecule has 10 nitrogen and oxygen atoms in total. The van der Waals surface area contributed by atoms with E-state index in [2.05, 4.69) is 15.1 Å². The number of carboxylic acids is 1. The van der Waals surface area contributed by atoms with Gasteiger partial charge in [-0.15, -0.1) is 5.10 Å². The lowest BCUT2D eigenvalue weighted by Gasteiger charge is -2.43. The van der Waals surface area contributed by atoms with Gasteiger partial charge in [-0.1, -0.05) is 24.4 Å². The van der Waals surface area contributed by atoms with Gasteiger partial charge in [0, 0.05) is 47.9 Å². The van der Waals surface area contributed by atoms with Crippen LogP contribution in [0.1, 0.15) is 101 Å². The van der Waals surface area contributed by atoms with E-state index in [0.717, 1.165) is 43.5 Å². The highest BCUT2D eigenvalue weighted by atomic mass is 19.1. The first kappa shape index (κ1) is 32.6. The van der Waals surface area contributed by atoms with E-state index in [0.29, 0.717) is 69.5 Å². The second kappa shape index (κ2) is 12.2. The number of ether oxygens (including phenoxy) is 2. The lowest BCUT2D eigenvalue weighted by atomic mass is 9.68. The Morgan fingerprint density at radius 1 is 1.06 bits per heavy atom. The summed E-state index contributed by atoms with van der Waals surface area (Å²) in [6.07, 6.45) is 8.97. The molecule has 256 valence electrons. The van der Waals surface area contributed by atoms with Crippen LogP contribution >= 0.6 is 0 Å². The van der Waals surface area contributed by atoms with Gasteiger partial charge < -0.3 is 28.5 Å². The van der Waals surface area contributed by atoms with Crippen LogP contribution in [0.25, 0.3) is 33.7 Å². The van der Waals surface area contributed by atoms with Crippen LogP contribution in [-0.4, -0.2) is 56.1 Å². The zero-order chi connectivity index (χ0) is 34.0. The van der Waals surface area contributed by atoms with Gasteiger partial charge >= 0.3 is 12.0 Å². The fourth-order valence-corrected chi connectivity index (χ4v) is 8.20. The van der Waals surface area contributed by atoms with Crippen LogP contribution in [0.3, 0.4) is 0 Å². The summed E-state index contributed by atoms with van der Waals surface area (Å²) < 4.78 is 35.9. The Morgan fingerprint density at radius 2 is 1.79 bits per heavy atom. The second-order valence-corrected chi connectivity index (χ2v) is 15.0. The van der Waals surface area contributed by atoms with Gasteiger partial charge in [0.15, 0.2) is 17.7 Å². The second-order valence-electron chi connectivity index (χ2n) is 15.0. The molecule has 2 aliphatic heterocycles. The van der Waals surface area contributed by atoms with Gasteiger partial charge in [0.05, 0.1) is 12.2 Å². The van der Waals surface area contributed by atoms with Crippen LogP contribution in [0.4, 0.5) is 10.4 Å². The van der Waals surface area contributed by atoms with Crippen molar-refractivity contribution >= 4 is 23.0 Å². The molecule has 0 amide bonds. The van der Waals surface area contributed by atoms with Crippen molar-refractivity contribution in [3.05, 3.63) is 40.3 Å². The Labute approximate surface area is 280 Å². The zero-order valence-electron chi connectivity index (χ0n) is 28.9. The standard InChI is InChI=1S/C37H46FN5O5/c1-21-23-11-10-18-46-30(23)26(38)19-24(21)29-25-20-27(42(6)32(25)39-22(2)28(29)31(34(44)45)48-36(3,4)5)33-40-41-35(47-33)43-16-14-37(15-17-43)12-8-7-9-13-37/h19-20,31H,7-18H2,1-6H3,(H,44,45)/t31-/m0/s1. The molecule has 7 rings (SSSR count). The lowest BCUT2D eigenvalue weighted by Crippen LogP contribution is -2.41. The minimum Gasteiger partial charge on any atom is -0.490 e. The van der Waals surface area contributed by atoms with Crippen molar-refractivity contribution in [1.82, 2.24) is 19.7 Å². The number of aryl methyl sites for hydroxylation is 2. The summed E-state index contributed by atoms with van der Waals surface area (Å²) in [7, 11) is 1.87. The number of anilines is 1. The Kier molecular flexibility index (Phi) is 8.25. The largest absolute Gasteiger partial charge is 0.490 e. The number of aliphatic carboxylic acids is 1. The average Bonchev–Trinajstić information content (AvgIpc) is 3.66. The van der Waals surface area contributed by atoms with E-state index < -0.39 is 23.5 Å². The summed E-state index contributed by atoms with van der Waals surface area (Å²) in [6, 6.07) is 3.86. The fraction of sp³-hybridized carbons (Fsp3) is 0.568. The summed E-state index contributed by atoms with van der Waals surface area (Å²) >= 11 is 0. The fourth-order valence-electron chi connectivity index (χ4n) is 8.20. The monoisotopic (exact) mass is 659 g/mol. The molecule has 0 unspecified atom stereocenters. The number of piperidine rings is 1. The van der Waals surface area contributed by atoms with Crippen LogP contribution in [0, 0.1) is 25.1 Å². The third-order valence-corrected chi connectivity index (χ3v) is 10.7. The van der Waals surface area contributed by atoms with E-state index in [-0.39, 0.29) is 5.75 Å². The molecule has 1 atom stereocenters. The van der Waals surface area contributed by atoms with Crippen LogP contribution in [0.2, 0.25) is 0 Å². The number of aromatic nitrogens is 4. The van der Waals surface area contributed by atoms with Crippen LogP contribution in [0.5, 0.6) is 5.75 Å². The molecule has 0 bridgehead atoms. The maximum atomic E-state index is 15.8. The van der Waals surface area contributed by atoms with E-state index in [1.54, 1.807) is 6.92 Å². The molecule has 1 spiro atoms. The molecule has 0 radical (unpaired) electrons. The van der Waals surface area contributed by atoms with E-state index in [9.17, 15) is 9.90 Å². The van der Waals surface area contributed by atoms with Gasteiger partial charge in [-0.05, 0) is 102 Å². The normalized spacial score (nSPS) is 18.6. The number of hydrogen-bond donors (Lipinski definition) is 1. The third kappa shape index (κ3) is 5.73. The minimum absolute atomic E-state index is 0.269. The van der Waals surface area contributed by atoms with Gasteiger partial charge in [-0.3, -0.25) is 0 Å². The summed E-state index contributed by atoms with van der Waals surface area (Å²) in [6.45, 7) is 11.4. The first-order chi connectivity index (χ1) is 22.9. The molecule has 1 aromatic carbocycles. The predicted octanol–water partition coefficient (Wildman–Crippen LogP) is 7.86. The molecule has 4 aromatic rings. The van der Waals surface area contributed by atoms with Crippen molar-refractivity contribution in [1.29, 1.82) is 0 Å². The van der Waals surface area contributed by atoms with Crippen molar-refractivity contribution in [3.63, 3.8) is 0 Å². The molecular weight excluding hydrogens is 613 g/mol. The lowest BCUT2D eigenvalue weighted by molar-refractivity contribution is -0.160. The van der Waals surface area contributed by atoms with Crippen LogP contribution in [0.15, 0.2) is 16.5 Å². The SMILES string of the molecule is Cc1nc2c(cc(-c3nnc(N4CCC5(CCCCC5)CC4)o3)n2C)c(-c2cc(F)c3c(c2C)CCCO3)c1[C@H](OC(C)(C)C)C(=O)O. The number of nitrogens with zero attached hydrogens (tertiary/aromatic N) is 5. The van der Waals surface area contributed by atoms with E-state index in [4.69, 9.17) is 18.9 Å². The number of carboxylic acid groups (broad SMARTS) is 1. The van der Waals surface area contributed by atoms with Crippen molar-refractivity contribution in [2.45, 2.75) is 104 Å². The Morgan fingerprint density at radius 3 is 2.48 bits per heavy atom. The maximum absolute atomic E-state index is 15.8. The van der Waals surface area contributed by atoms with E-state index in [1.165, 1.54) is 38.2 Å². The van der Waals surface area contributed by atoms with Crippen LogP contribution < -0.4 is 9.64 Å². The molecule has 3 aromatic heterocycles. The molecule has 1 aliphatic carbocycles. The molecule has 5 heterocycles. The Hall–Kier alpha value is -3.99. The average molecular weight is 660 g/mol. The van der Waals surface area contributed by atoms with E-state index >= 15 is 4.39 Å². The van der Waals surface area contributed by atoms with Crippen molar-refractivity contribution in [2.24, 2.45) is 12.5 Å². The topological polar surface area (TPSA) is 116 Å². The molecule has 3 aliphatic rings. The highest BCUT2D eigenvalue weighted by Gasteiger charge is 2.38. The zero-order valence-corrected chi connectivity index (χ0v) is 28.9. The quantitative estimate of drug-likeness (QED) is 0.221. The van der Waals surface area contributed by atoms with Gasteiger partial charge in [-0.25, -0.2) is 14.2 Å². The summed E-state index contributed by atoms with van der Waals surface area (Å²) in [4.78, 5) is 20.0. The van der Waals surface area contributed by atoms with Crippen molar-refractivity contribution in [3.8, 4) is 28.5 Å². The third-order valence-electron chi connectivity index (χ3n) is 10.7. The van der Waals surface area contributed by atoms with E-state index in [1.807, 2.05) is 45.4 Å². The summed E-state index contributed by atoms with van der Waals surface area (Å²) in [5.74, 6) is -1.01. The smallest absolute Gasteiger partial charge is 0.337 e. The van der Waals surface area contributed by atoms with Gasteiger partial charge in [0.1, 0.15) is 11.3 Å². The highest BCUT2D eigenvalue weighted by molar-refractivity contribution is 6.01. The molecule has 2 fully saturated rings. The number of halogens is 1. The minimum atomic E-state index is -1.35. The number of hydrogen-bond acceptors (Lipinski definition) is 8. The Bertz CT molecular complexity index is 1870. The summed E-state index contributed by atoms with van der Waals surface area (Å²) in [5, 5.41) is 20.1. The number of pyridine rings is 1. The first-order valence-corrected chi connectivity index (χ1v) is 17.3. The number of benzene rings is 1. The molecule has 1 saturated carbocycles. The summed E-state index contributed by atoms with van der Waals surface area (Å²) in [5.41, 5.74) is 4.55. The van der Waals surface area contributed by atoms with Gasteiger partial charge in [-0.2, -0.15) is 0 Å². The molecule has 1 N–H and O–H groups in total. The van der Waals surface area contributed by atoms with Gasteiger partial charge in [0.25, 0.3) is 5.89 Å². The molecule has 1 saturated heterocycles. The number of carbonyl (C=O) groups is 1. The molecular formula is C37H46FN5O5. The van der Waals surface area contributed by atoms with Gasteiger partial charge in [0.2, 0.25) is 0 Å². The maximum Gasteiger partial charge on any atom is 0.337 e. The van der Waals surface area contributed by atoms with Crippen molar-refractivity contribution < 1.29 is 28.2 Å². The number of rotatable bonds is 6. The molecule has 11 heteroatoms. The highest BCUT2D eigenvalue weighted by Crippen LogP contribution is 2.47. The molecule has 48 heavy (non-hydrogen) atoms.